The zero-order chi connectivity index (χ0) is 27.1. The molecule has 0 spiro atoms. The lowest BCUT2D eigenvalue weighted by Gasteiger charge is -2.25. The Morgan fingerprint density at radius 2 is 1.30 bits per heavy atom. The highest BCUT2D eigenvalue weighted by Gasteiger charge is 2.48. The van der Waals surface area contributed by atoms with Crippen molar-refractivity contribution in [3.05, 3.63) is 120 Å². The van der Waals surface area contributed by atoms with Gasteiger partial charge >= 0.3 is 0 Å². The molecule has 204 valence electrons. The van der Waals surface area contributed by atoms with Gasteiger partial charge in [0, 0.05) is 0 Å². The zero-order valence-corrected chi connectivity index (χ0v) is 22.0. The summed E-state index contributed by atoms with van der Waals surface area (Å²) in [6.45, 7) is 1.55. The highest BCUT2D eigenvalue weighted by molar-refractivity contribution is 5.84. The van der Waals surface area contributed by atoms with Crippen LogP contribution in [0, 0.1) is 0 Å². The molecule has 0 amide bonds. The molecule has 40 heavy (non-hydrogen) atoms. The number of hydrogen-bond donors (Lipinski definition) is 1. The molecule has 1 fully saturated rings. The normalized spacial score (nSPS) is 20.7. The van der Waals surface area contributed by atoms with Crippen LogP contribution >= 0.6 is 0 Å². The van der Waals surface area contributed by atoms with Gasteiger partial charge < -0.3 is 24.7 Å². The SMILES string of the molecule is Nc1ncnc2c1cnn2[C@H]1O[C@H](COCc2ccccc2)[C@@H](OCc2ccccc2)[C@@H]1OCc1ccccc1. The molecule has 0 unspecified atom stereocenters. The summed E-state index contributed by atoms with van der Waals surface area (Å²) in [4.78, 5) is 8.55. The van der Waals surface area contributed by atoms with E-state index in [2.05, 4.69) is 15.1 Å². The standard InChI is InChI=1S/C31H31N5O4/c32-29-25-16-35-36(30(25)34-21-33-29)31-28(39-19-24-14-8-3-9-15-24)27(38-18-23-12-6-2-7-13-23)26(40-31)20-37-17-22-10-4-1-5-11-22/h1-16,21,26-28,31H,17-20H2,(H2,32,33,34)/t26-,27-,28+,31+/m1/s1. The minimum atomic E-state index is -0.624. The minimum absolute atomic E-state index is 0.312. The third-order valence-electron chi connectivity index (χ3n) is 6.91. The van der Waals surface area contributed by atoms with Crippen LogP contribution in [0.2, 0.25) is 0 Å². The fourth-order valence-corrected chi connectivity index (χ4v) is 4.89. The van der Waals surface area contributed by atoms with Crippen LogP contribution < -0.4 is 5.73 Å². The van der Waals surface area contributed by atoms with E-state index in [0.717, 1.165) is 16.7 Å². The van der Waals surface area contributed by atoms with Crippen LogP contribution in [0.5, 0.6) is 0 Å². The van der Waals surface area contributed by atoms with Gasteiger partial charge in [0.2, 0.25) is 0 Å². The van der Waals surface area contributed by atoms with Crippen LogP contribution in [0.4, 0.5) is 5.82 Å². The first-order chi connectivity index (χ1) is 19.8. The molecular weight excluding hydrogens is 506 g/mol. The monoisotopic (exact) mass is 537 g/mol. The predicted octanol–water partition coefficient (Wildman–Crippen LogP) is 4.69. The Labute approximate surface area is 232 Å². The molecule has 1 aliphatic rings. The quantitative estimate of drug-likeness (QED) is 0.259. The number of fused-ring (bicyclic) bond motifs is 1. The highest BCUT2D eigenvalue weighted by Crippen LogP contribution is 2.36. The lowest BCUT2D eigenvalue weighted by Crippen LogP contribution is -2.38. The van der Waals surface area contributed by atoms with Gasteiger partial charge in [0.1, 0.15) is 30.5 Å². The molecule has 5 aromatic rings. The van der Waals surface area contributed by atoms with Crippen LogP contribution in [-0.4, -0.2) is 44.7 Å². The number of anilines is 1. The van der Waals surface area contributed by atoms with Crippen LogP contribution in [0.1, 0.15) is 22.9 Å². The van der Waals surface area contributed by atoms with Gasteiger partial charge in [0.15, 0.2) is 11.9 Å². The average Bonchev–Trinajstić information content (AvgIpc) is 3.58. The molecule has 0 aliphatic carbocycles. The molecular formula is C31H31N5O4. The number of benzene rings is 3. The average molecular weight is 538 g/mol. The maximum Gasteiger partial charge on any atom is 0.181 e. The van der Waals surface area contributed by atoms with Crippen LogP contribution in [-0.2, 0) is 38.8 Å². The molecule has 0 radical (unpaired) electrons. The molecule has 6 rings (SSSR count). The van der Waals surface area contributed by atoms with E-state index in [4.69, 9.17) is 24.7 Å². The van der Waals surface area contributed by atoms with Crippen molar-refractivity contribution in [3.8, 4) is 0 Å². The Kier molecular flexibility index (Phi) is 8.06. The topological polar surface area (TPSA) is 107 Å². The largest absolute Gasteiger partial charge is 0.383 e. The third kappa shape index (κ3) is 5.88. The molecule has 2 N–H and O–H groups in total. The van der Waals surface area contributed by atoms with Crippen molar-refractivity contribution < 1.29 is 18.9 Å². The third-order valence-corrected chi connectivity index (χ3v) is 6.91. The molecule has 9 heteroatoms. The first-order valence-electron chi connectivity index (χ1n) is 13.3. The van der Waals surface area contributed by atoms with Gasteiger partial charge in [-0.15, -0.1) is 0 Å². The van der Waals surface area contributed by atoms with Gasteiger partial charge in [-0.05, 0) is 16.7 Å². The second-order valence-electron chi connectivity index (χ2n) is 9.67. The zero-order valence-electron chi connectivity index (χ0n) is 22.0. The summed E-state index contributed by atoms with van der Waals surface area (Å²) in [5.41, 5.74) is 9.86. The number of ether oxygens (including phenoxy) is 4. The first kappa shape index (κ1) is 26.1. The number of rotatable bonds is 11. The van der Waals surface area contributed by atoms with Crippen molar-refractivity contribution in [3.63, 3.8) is 0 Å². The Bertz CT molecular complexity index is 1500. The Hall–Kier alpha value is -4.15. The van der Waals surface area contributed by atoms with Crippen molar-refractivity contribution in [2.75, 3.05) is 12.3 Å². The number of nitrogens with zero attached hydrogens (tertiary/aromatic N) is 4. The van der Waals surface area contributed by atoms with Crippen LogP contribution in [0.15, 0.2) is 104 Å². The Morgan fingerprint density at radius 1 is 0.725 bits per heavy atom. The maximum atomic E-state index is 6.62. The van der Waals surface area contributed by atoms with Crippen molar-refractivity contribution in [2.45, 2.75) is 44.4 Å². The van der Waals surface area contributed by atoms with E-state index in [-0.39, 0.29) is 0 Å². The highest BCUT2D eigenvalue weighted by atomic mass is 16.6. The van der Waals surface area contributed by atoms with E-state index in [1.54, 1.807) is 10.9 Å². The summed E-state index contributed by atoms with van der Waals surface area (Å²) < 4.78 is 27.6. The number of nitrogens with two attached hydrogens (primary N) is 1. The lowest BCUT2D eigenvalue weighted by atomic mass is 10.1. The van der Waals surface area contributed by atoms with Gasteiger partial charge in [0.05, 0.1) is 38.0 Å². The van der Waals surface area contributed by atoms with Crippen LogP contribution in [0.3, 0.4) is 0 Å². The smallest absolute Gasteiger partial charge is 0.181 e. The number of aromatic nitrogens is 4. The second-order valence-corrected chi connectivity index (χ2v) is 9.67. The summed E-state index contributed by atoms with van der Waals surface area (Å²) >= 11 is 0. The molecule has 9 nitrogen and oxygen atoms in total. The molecule has 4 atom stereocenters. The van der Waals surface area contributed by atoms with Crippen molar-refractivity contribution >= 4 is 16.9 Å². The molecule has 0 bridgehead atoms. The van der Waals surface area contributed by atoms with Gasteiger partial charge in [-0.25, -0.2) is 14.6 Å². The van der Waals surface area contributed by atoms with Crippen molar-refractivity contribution in [1.29, 1.82) is 0 Å². The predicted molar refractivity (Wildman–Crippen MR) is 150 cm³/mol. The second kappa shape index (κ2) is 12.4. The van der Waals surface area contributed by atoms with E-state index in [9.17, 15) is 0 Å². The first-order valence-corrected chi connectivity index (χ1v) is 13.3. The van der Waals surface area contributed by atoms with E-state index >= 15 is 0 Å². The van der Waals surface area contributed by atoms with Gasteiger partial charge in [-0.2, -0.15) is 5.10 Å². The molecule has 3 heterocycles. The number of nitrogen functional groups attached to an aromatic ring is 1. The van der Waals surface area contributed by atoms with E-state index in [0.29, 0.717) is 43.3 Å². The Balaban J connectivity index is 1.29. The number of hydrogen-bond acceptors (Lipinski definition) is 8. The summed E-state index contributed by atoms with van der Waals surface area (Å²) in [5, 5.41) is 5.24. The van der Waals surface area contributed by atoms with E-state index in [1.165, 1.54) is 6.33 Å². The van der Waals surface area contributed by atoms with Gasteiger partial charge in [-0.3, -0.25) is 0 Å². The molecule has 3 aromatic carbocycles. The molecule has 0 saturated carbocycles. The van der Waals surface area contributed by atoms with Crippen LogP contribution in [0.25, 0.3) is 11.0 Å². The lowest BCUT2D eigenvalue weighted by molar-refractivity contribution is -0.0926. The summed E-state index contributed by atoms with van der Waals surface area (Å²) in [5.74, 6) is 0.357. The fraction of sp³-hybridized carbons (Fsp3) is 0.258. The molecule has 2 aromatic heterocycles. The fourth-order valence-electron chi connectivity index (χ4n) is 4.89. The molecule has 1 aliphatic heterocycles. The summed E-state index contributed by atoms with van der Waals surface area (Å²) in [7, 11) is 0. The van der Waals surface area contributed by atoms with Crippen molar-refractivity contribution in [2.24, 2.45) is 0 Å². The summed E-state index contributed by atoms with van der Waals surface area (Å²) in [6.07, 6.45) is 1.09. The van der Waals surface area contributed by atoms with Gasteiger partial charge in [0.25, 0.3) is 0 Å². The van der Waals surface area contributed by atoms with Gasteiger partial charge in [-0.1, -0.05) is 91.0 Å². The van der Waals surface area contributed by atoms with E-state index < -0.39 is 24.5 Å². The van der Waals surface area contributed by atoms with Crippen molar-refractivity contribution in [1.82, 2.24) is 19.7 Å². The minimum Gasteiger partial charge on any atom is -0.383 e. The Morgan fingerprint density at radius 3 is 1.93 bits per heavy atom. The van der Waals surface area contributed by atoms with E-state index in [1.807, 2.05) is 91.0 Å². The maximum absolute atomic E-state index is 6.62. The summed E-state index contributed by atoms with van der Waals surface area (Å²) in [6, 6.07) is 30.1. The molecule has 1 saturated heterocycles.